The molecule has 4 atom stereocenters. The van der Waals surface area contributed by atoms with E-state index in [0.29, 0.717) is 16.9 Å². The summed E-state index contributed by atoms with van der Waals surface area (Å²) in [6.07, 6.45) is 0.884. The predicted octanol–water partition coefficient (Wildman–Crippen LogP) is 4.03. The number of hydrogen-bond donors (Lipinski definition) is 3. The van der Waals surface area contributed by atoms with Crippen molar-refractivity contribution in [2.75, 3.05) is 17.4 Å². The smallest absolute Gasteiger partial charge is 0.407 e. The van der Waals surface area contributed by atoms with Gasteiger partial charge in [-0.2, -0.15) is 0 Å². The van der Waals surface area contributed by atoms with E-state index in [2.05, 4.69) is 20.0 Å². The summed E-state index contributed by atoms with van der Waals surface area (Å²) >= 11 is 6.24. The number of nitrogens with zero attached hydrogens (tertiary/aromatic N) is 4. The molecule has 13 heteroatoms. The molecular formula is C22H22ClN6O5P. The number of anilines is 2. The third kappa shape index (κ3) is 4.95. The first-order valence-corrected chi connectivity index (χ1v) is 12.6. The Balaban J connectivity index is 1.43. The summed E-state index contributed by atoms with van der Waals surface area (Å²) in [5.41, 5.74) is 7.31. The average Bonchev–Trinajstić information content (AvgIpc) is 3.45. The summed E-state index contributed by atoms with van der Waals surface area (Å²) in [5, 5.41) is 13.1. The molecule has 0 radical (unpaired) electrons. The summed E-state index contributed by atoms with van der Waals surface area (Å²) in [7, 11) is -4.05. The maximum Gasteiger partial charge on any atom is 0.486 e. The van der Waals surface area contributed by atoms with E-state index in [1.54, 1.807) is 53.1 Å². The van der Waals surface area contributed by atoms with E-state index in [9.17, 15) is 9.67 Å². The second-order valence-corrected chi connectivity index (χ2v) is 9.79. The maximum atomic E-state index is 14.0. The number of halogens is 1. The first-order valence-electron chi connectivity index (χ1n) is 10.7. The highest BCUT2D eigenvalue weighted by atomic mass is 35.5. The SMILES string of the molecule is Nc1ncnc2c1ncn2[C@H]1C[C@H](OP(=O)(Nc2ccccc2)Oc2ccccc2Cl)[C@@H](CO)O1. The van der Waals surface area contributed by atoms with Crippen LogP contribution in [0.5, 0.6) is 5.75 Å². The molecule has 1 saturated heterocycles. The molecule has 11 nitrogen and oxygen atoms in total. The van der Waals surface area contributed by atoms with E-state index < -0.39 is 26.2 Å². The lowest BCUT2D eigenvalue weighted by Crippen LogP contribution is -2.28. The Labute approximate surface area is 205 Å². The molecular weight excluding hydrogens is 495 g/mol. The predicted molar refractivity (Wildman–Crippen MR) is 130 cm³/mol. The van der Waals surface area contributed by atoms with Gasteiger partial charge in [0.15, 0.2) is 11.5 Å². The number of aliphatic hydroxyl groups is 1. The second kappa shape index (κ2) is 9.80. The van der Waals surface area contributed by atoms with E-state index in [0.717, 1.165) is 0 Å². The van der Waals surface area contributed by atoms with Gasteiger partial charge in [-0.05, 0) is 24.3 Å². The summed E-state index contributed by atoms with van der Waals surface area (Å²) in [4.78, 5) is 12.4. The first-order chi connectivity index (χ1) is 17.0. The Morgan fingerprint density at radius 1 is 1.17 bits per heavy atom. The Kier molecular flexibility index (Phi) is 6.59. The van der Waals surface area contributed by atoms with Crippen LogP contribution in [0.1, 0.15) is 12.6 Å². The van der Waals surface area contributed by atoms with E-state index in [4.69, 9.17) is 31.1 Å². The largest absolute Gasteiger partial charge is 0.486 e. The minimum Gasteiger partial charge on any atom is -0.407 e. The fourth-order valence-corrected chi connectivity index (χ4v) is 5.63. The third-order valence-corrected chi connectivity index (χ3v) is 7.26. The molecule has 2 aromatic carbocycles. The molecule has 0 bridgehead atoms. The van der Waals surface area contributed by atoms with Crippen molar-refractivity contribution in [1.29, 1.82) is 0 Å². The lowest BCUT2D eigenvalue weighted by atomic mass is 10.2. The van der Waals surface area contributed by atoms with Gasteiger partial charge < -0.3 is 20.1 Å². The highest BCUT2D eigenvalue weighted by Crippen LogP contribution is 2.53. The number of nitrogens with one attached hydrogen (secondary N) is 1. The molecule has 0 spiro atoms. The number of hydrogen-bond acceptors (Lipinski definition) is 9. The lowest BCUT2D eigenvalue weighted by molar-refractivity contribution is -0.0400. The number of benzene rings is 2. The maximum absolute atomic E-state index is 14.0. The van der Waals surface area contributed by atoms with Gasteiger partial charge >= 0.3 is 7.75 Å². The number of nitrogens with two attached hydrogens (primary N) is 1. The zero-order chi connectivity index (χ0) is 24.4. The number of nitrogen functional groups attached to an aromatic ring is 1. The molecule has 5 rings (SSSR count). The molecule has 4 N–H and O–H groups in total. The van der Waals surface area contributed by atoms with Crippen LogP contribution >= 0.6 is 19.3 Å². The summed E-state index contributed by atoms with van der Waals surface area (Å²) < 4.78 is 33.5. The van der Waals surface area contributed by atoms with Gasteiger partial charge in [0, 0.05) is 12.1 Å². The van der Waals surface area contributed by atoms with Crippen LogP contribution in [-0.4, -0.2) is 43.4 Å². The van der Waals surface area contributed by atoms with Gasteiger partial charge in [-0.25, -0.2) is 19.5 Å². The van der Waals surface area contributed by atoms with Crippen molar-refractivity contribution in [3.8, 4) is 5.75 Å². The van der Waals surface area contributed by atoms with E-state index in [1.807, 2.05) is 6.07 Å². The Hall–Kier alpha value is -3.21. The quantitative estimate of drug-likeness (QED) is 0.293. The van der Waals surface area contributed by atoms with Crippen molar-refractivity contribution in [2.24, 2.45) is 0 Å². The molecule has 0 saturated carbocycles. The van der Waals surface area contributed by atoms with Crippen molar-refractivity contribution in [3.63, 3.8) is 0 Å². The number of para-hydroxylation sites is 2. The summed E-state index contributed by atoms with van der Waals surface area (Å²) in [6.45, 7) is -0.373. The molecule has 0 aliphatic carbocycles. The zero-order valence-corrected chi connectivity index (χ0v) is 19.9. The van der Waals surface area contributed by atoms with Gasteiger partial charge in [0.05, 0.1) is 18.0 Å². The Morgan fingerprint density at radius 3 is 2.71 bits per heavy atom. The molecule has 1 aliphatic rings. The van der Waals surface area contributed by atoms with Gasteiger partial charge in [-0.1, -0.05) is 41.9 Å². The molecule has 3 heterocycles. The van der Waals surface area contributed by atoms with Gasteiger partial charge in [-0.15, -0.1) is 0 Å². The van der Waals surface area contributed by atoms with Crippen LogP contribution in [0.25, 0.3) is 11.2 Å². The third-order valence-electron chi connectivity index (χ3n) is 5.43. The van der Waals surface area contributed by atoms with E-state index in [1.165, 1.54) is 12.7 Å². The second-order valence-electron chi connectivity index (χ2n) is 7.77. The van der Waals surface area contributed by atoms with Crippen molar-refractivity contribution >= 4 is 42.0 Å². The Morgan fingerprint density at radius 2 is 1.94 bits per heavy atom. The summed E-state index contributed by atoms with van der Waals surface area (Å²) in [5.74, 6) is 0.424. The topological polar surface area (TPSA) is 147 Å². The van der Waals surface area contributed by atoms with Crippen LogP contribution in [0.3, 0.4) is 0 Å². The molecule has 0 amide bonds. The van der Waals surface area contributed by atoms with Crippen molar-refractivity contribution in [3.05, 3.63) is 72.3 Å². The van der Waals surface area contributed by atoms with Crippen LogP contribution in [0.2, 0.25) is 5.02 Å². The fraction of sp³-hybridized carbons (Fsp3) is 0.227. The number of fused-ring (bicyclic) bond motifs is 1. The molecule has 35 heavy (non-hydrogen) atoms. The van der Waals surface area contributed by atoms with Crippen molar-refractivity contribution in [1.82, 2.24) is 19.5 Å². The van der Waals surface area contributed by atoms with Crippen LogP contribution in [0.4, 0.5) is 11.5 Å². The van der Waals surface area contributed by atoms with E-state index in [-0.39, 0.29) is 29.6 Å². The standard InChI is InChI=1S/C22H22ClN6O5P/c23-15-8-4-5-9-16(15)33-35(31,28-14-6-2-1-3-7-14)34-17-10-19(32-18(17)11-30)29-13-27-20-21(24)25-12-26-22(20)29/h1-9,12-13,17-19,30H,10-11H2,(H,28,31)(H2,24,25,26)/t17-,18+,19+,35?/m0/s1. The van der Waals surface area contributed by atoms with Crippen LogP contribution in [0, 0.1) is 0 Å². The van der Waals surface area contributed by atoms with Gasteiger partial charge in [0.25, 0.3) is 0 Å². The fourth-order valence-electron chi connectivity index (χ4n) is 3.79. The lowest BCUT2D eigenvalue weighted by Gasteiger charge is -2.25. The summed E-state index contributed by atoms with van der Waals surface area (Å²) in [6, 6.07) is 15.5. The molecule has 1 fully saturated rings. The molecule has 1 aliphatic heterocycles. The number of imidazole rings is 1. The number of rotatable bonds is 8. The number of aliphatic hydroxyl groups excluding tert-OH is 1. The zero-order valence-electron chi connectivity index (χ0n) is 18.3. The van der Waals surface area contributed by atoms with E-state index >= 15 is 0 Å². The van der Waals surface area contributed by atoms with Gasteiger partial charge in [0.1, 0.15) is 36.0 Å². The first kappa shape index (κ1) is 23.5. The average molecular weight is 517 g/mol. The monoisotopic (exact) mass is 516 g/mol. The highest BCUT2D eigenvalue weighted by Gasteiger charge is 2.43. The molecule has 1 unspecified atom stereocenters. The van der Waals surface area contributed by atoms with Crippen LogP contribution in [-0.2, 0) is 13.8 Å². The van der Waals surface area contributed by atoms with Crippen LogP contribution in [0.15, 0.2) is 67.3 Å². The minimum atomic E-state index is -4.05. The number of ether oxygens (including phenoxy) is 1. The molecule has 182 valence electrons. The van der Waals surface area contributed by atoms with Gasteiger partial charge in [0.2, 0.25) is 0 Å². The Bertz CT molecular complexity index is 1370. The normalized spacial score (nSPS) is 21.6. The number of aromatic nitrogens is 4. The van der Waals surface area contributed by atoms with Gasteiger partial charge in [-0.3, -0.25) is 14.2 Å². The van der Waals surface area contributed by atoms with Crippen LogP contribution < -0.4 is 15.3 Å². The molecule has 2 aromatic heterocycles. The van der Waals surface area contributed by atoms with Crippen molar-refractivity contribution in [2.45, 2.75) is 24.9 Å². The minimum absolute atomic E-state index is 0.185. The highest BCUT2D eigenvalue weighted by molar-refractivity contribution is 7.55. The van der Waals surface area contributed by atoms with Crippen molar-refractivity contribution < 1.29 is 23.5 Å². The molecule has 4 aromatic rings.